The van der Waals surface area contributed by atoms with Crippen molar-refractivity contribution in [3.63, 3.8) is 0 Å². The van der Waals surface area contributed by atoms with E-state index in [1.54, 1.807) is 0 Å². The Labute approximate surface area is 79.1 Å². The van der Waals surface area contributed by atoms with Crippen LogP contribution in [0.25, 0.3) is 0 Å². The van der Waals surface area contributed by atoms with Crippen molar-refractivity contribution in [1.82, 2.24) is 0 Å². The molecule has 74 valence electrons. The van der Waals surface area contributed by atoms with Crippen LogP contribution >= 0.6 is 0 Å². The summed E-state index contributed by atoms with van der Waals surface area (Å²) in [7, 11) is 0. The topological polar surface area (TPSA) is 106 Å². The monoisotopic (exact) mass is 196 g/mol. The summed E-state index contributed by atoms with van der Waals surface area (Å²) in [6, 6.07) is 2.20. The van der Waals surface area contributed by atoms with Crippen molar-refractivity contribution in [2.75, 3.05) is 0 Å². The van der Waals surface area contributed by atoms with Crippen molar-refractivity contribution in [3.05, 3.63) is 33.4 Å². The van der Waals surface area contributed by atoms with Gasteiger partial charge in [0.1, 0.15) is 11.3 Å². The molecule has 0 unspecified atom stereocenters. The fourth-order valence-corrected chi connectivity index (χ4v) is 1.15. The normalized spacial score (nSPS) is 9.79. The van der Waals surface area contributed by atoms with Crippen LogP contribution in [0.4, 0.5) is 5.69 Å². The number of nitrogens with two attached hydrogens (primary N) is 1. The molecule has 1 amide bonds. The zero-order valence-corrected chi connectivity index (χ0v) is 7.35. The second kappa shape index (κ2) is 3.33. The number of phenols is 1. The third kappa shape index (κ3) is 1.49. The van der Waals surface area contributed by atoms with Gasteiger partial charge in [-0.15, -0.1) is 0 Å². The van der Waals surface area contributed by atoms with Crippen molar-refractivity contribution >= 4 is 11.6 Å². The highest BCUT2D eigenvalue weighted by molar-refractivity contribution is 5.99. The molecule has 0 aromatic heterocycles. The summed E-state index contributed by atoms with van der Waals surface area (Å²) < 4.78 is 0. The van der Waals surface area contributed by atoms with E-state index in [9.17, 15) is 20.0 Å². The molecule has 1 aromatic carbocycles. The lowest BCUT2D eigenvalue weighted by atomic mass is 10.1. The first-order valence-electron chi connectivity index (χ1n) is 3.72. The van der Waals surface area contributed by atoms with Crippen LogP contribution in [0.5, 0.6) is 5.75 Å². The molecule has 0 bridgehead atoms. The molecule has 0 atom stereocenters. The number of hydrogen-bond acceptors (Lipinski definition) is 4. The molecule has 1 aromatic rings. The lowest BCUT2D eigenvalue weighted by Gasteiger charge is -2.04. The zero-order valence-electron chi connectivity index (χ0n) is 7.35. The van der Waals surface area contributed by atoms with Crippen LogP contribution in [-0.4, -0.2) is 15.9 Å². The van der Waals surface area contributed by atoms with Crippen molar-refractivity contribution in [1.29, 1.82) is 0 Å². The summed E-state index contributed by atoms with van der Waals surface area (Å²) in [6.45, 7) is 1.39. The number of primary amides is 1. The Morgan fingerprint density at radius 3 is 2.57 bits per heavy atom. The molecule has 0 aliphatic heterocycles. The first kappa shape index (κ1) is 9.97. The molecular weight excluding hydrogens is 188 g/mol. The first-order chi connectivity index (χ1) is 6.45. The van der Waals surface area contributed by atoms with Gasteiger partial charge in [0.15, 0.2) is 0 Å². The minimum atomic E-state index is -0.926. The average Bonchev–Trinajstić information content (AvgIpc) is 2.08. The smallest absolute Gasteiger partial charge is 0.282 e. The number of phenolic OH excluding ortho intramolecular Hbond substituents is 1. The lowest BCUT2D eigenvalue weighted by Crippen LogP contribution is -2.15. The van der Waals surface area contributed by atoms with Gasteiger partial charge in [-0.1, -0.05) is 0 Å². The molecule has 3 N–H and O–H groups in total. The highest BCUT2D eigenvalue weighted by Crippen LogP contribution is 2.28. The first-order valence-corrected chi connectivity index (χ1v) is 3.72. The Hall–Kier alpha value is -2.11. The number of nitrogens with zero attached hydrogens (tertiary/aromatic N) is 1. The molecule has 0 aliphatic rings. The van der Waals surface area contributed by atoms with Crippen LogP contribution in [-0.2, 0) is 0 Å². The summed E-state index contributed by atoms with van der Waals surface area (Å²) in [6.07, 6.45) is 0. The third-order valence-electron chi connectivity index (χ3n) is 1.86. The van der Waals surface area contributed by atoms with Gasteiger partial charge in [0.05, 0.1) is 4.92 Å². The molecule has 0 spiro atoms. The Bertz CT molecular complexity index is 414. The Balaban J connectivity index is 3.53. The number of rotatable bonds is 2. The van der Waals surface area contributed by atoms with Gasteiger partial charge in [0.25, 0.3) is 11.6 Å². The number of aromatic hydroxyl groups is 1. The van der Waals surface area contributed by atoms with Crippen LogP contribution in [0.2, 0.25) is 0 Å². The summed E-state index contributed by atoms with van der Waals surface area (Å²) in [5, 5.41) is 19.7. The van der Waals surface area contributed by atoms with Gasteiger partial charge in [-0.25, -0.2) is 0 Å². The predicted octanol–water partition coefficient (Wildman–Crippen LogP) is 0.708. The van der Waals surface area contributed by atoms with Crippen molar-refractivity contribution in [3.8, 4) is 5.75 Å². The van der Waals surface area contributed by atoms with E-state index in [2.05, 4.69) is 0 Å². The van der Waals surface area contributed by atoms with Crippen LogP contribution in [0.1, 0.15) is 15.9 Å². The van der Waals surface area contributed by atoms with E-state index in [0.717, 1.165) is 12.1 Å². The number of hydrogen-bond donors (Lipinski definition) is 2. The number of nitro benzene ring substituents is 1. The van der Waals surface area contributed by atoms with E-state index in [-0.39, 0.29) is 16.9 Å². The van der Waals surface area contributed by atoms with Gasteiger partial charge < -0.3 is 10.8 Å². The molecule has 0 saturated carbocycles. The number of carbonyl (C=O) groups is 1. The van der Waals surface area contributed by atoms with Gasteiger partial charge in [-0.3, -0.25) is 14.9 Å². The quantitative estimate of drug-likeness (QED) is 0.536. The number of carbonyl (C=O) groups excluding carboxylic acids is 1. The SMILES string of the molecule is Cc1c(O)ccc([N+](=O)[O-])c1C(N)=O. The zero-order chi connectivity index (χ0) is 10.9. The van der Waals surface area contributed by atoms with Crippen molar-refractivity contribution in [2.24, 2.45) is 5.73 Å². The maximum atomic E-state index is 10.9. The molecule has 14 heavy (non-hydrogen) atoms. The molecule has 6 heteroatoms. The van der Waals surface area contributed by atoms with E-state index in [0.29, 0.717) is 0 Å². The van der Waals surface area contributed by atoms with Gasteiger partial charge >= 0.3 is 0 Å². The maximum Gasteiger partial charge on any atom is 0.282 e. The molecule has 0 heterocycles. The molecule has 6 nitrogen and oxygen atoms in total. The Kier molecular flexibility index (Phi) is 2.37. The molecule has 0 aliphatic carbocycles. The van der Waals surface area contributed by atoms with Crippen LogP contribution in [0.15, 0.2) is 12.1 Å². The maximum absolute atomic E-state index is 10.9. The van der Waals surface area contributed by atoms with Gasteiger partial charge in [0, 0.05) is 11.6 Å². The van der Waals surface area contributed by atoms with Crippen LogP contribution < -0.4 is 5.73 Å². The van der Waals surface area contributed by atoms with Crippen LogP contribution in [0, 0.1) is 17.0 Å². The Morgan fingerprint density at radius 1 is 1.57 bits per heavy atom. The molecule has 0 fully saturated rings. The average molecular weight is 196 g/mol. The molecule has 1 rings (SSSR count). The van der Waals surface area contributed by atoms with Gasteiger partial charge in [-0.05, 0) is 13.0 Å². The fraction of sp³-hybridized carbons (Fsp3) is 0.125. The van der Waals surface area contributed by atoms with E-state index in [4.69, 9.17) is 5.73 Å². The molecular formula is C8H8N2O4. The number of benzene rings is 1. The summed E-state index contributed by atoms with van der Waals surface area (Å²) in [4.78, 5) is 20.7. The molecule has 0 saturated heterocycles. The van der Waals surface area contributed by atoms with E-state index in [1.165, 1.54) is 6.92 Å². The number of amides is 1. The minimum absolute atomic E-state index is 0.117. The highest BCUT2D eigenvalue weighted by Gasteiger charge is 2.22. The van der Waals surface area contributed by atoms with Gasteiger partial charge in [-0.2, -0.15) is 0 Å². The summed E-state index contributed by atoms with van der Waals surface area (Å²) in [5.74, 6) is -1.12. The van der Waals surface area contributed by atoms with E-state index >= 15 is 0 Å². The third-order valence-corrected chi connectivity index (χ3v) is 1.86. The second-order valence-electron chi connectivity index (χ2n) is 2.73. The van der Waals surface area contributed by atoms with Crippen LogP contribution in [0.3, 0.4) is 0 Å². The summed E-state index contributed by atoms with van der Waals surface area (Å²) in [5.41, 5.74) is 4.43. The lowest BCUT2D eigenvalue weighted by molar-refractivity contribution is -0.385. The highest BCUT2D eigenvalue weighted by atomic mass is 16.6. The van der Waals surface area contributed by atoms with Crippen molar-refractivity contribution < 1.29 is 14.8 Å². The second-order valence-corrected chi connectivity index (χ2v) is 2.73. The molecule has 0 radical (unpaired) electrons. The standard InChI is InChI=1S/C8H8N2O4/c1-4-6(11)3-2-5(10(13)14)7(4)8(9)12/h2-3,11H,1H3,(H2,9,12). The fourth-order valence-electron chi connectivity index (χ4n) is 1.15. The Morgan fingerprint density at radius 2 is 2.14 bits per heavy atom. The van der Waals surface area contributed by atoms with E-state index in [1.807, 2.05) is 0 Å². The largest absolute Gasteiger partial charge is 0.508 e. The number of nitro groups is 1. The predicted molar refractivity (Wildman–Crippen MR) is 48.0 cm³/mol. The minimum Gasteiger partial charge on any atom is -0.508 e. The van der Waals surface area contributed by atoms with Crippen molar-refractivity contribution in [2.45, 2.75) is 6.92 Å². The van der Waals surface area contributed by atoms with Gasteiger partial charge in [0.2, 0.25) is 0 Å². The van der Waals surface area contributed by atoms with E-state index < -0.39 is 16.5 Å². The summed E-state index contributed by atoms with van der Waals surface area (Å²) >= 11 is 0.